The molecule has 2 heterocycles. The molecule has 0 saturated carbocycles. The molecule has 0 radical (unpaired) electrons. The topological polar surface area (TPSA) is 45.6 Å². The van der Waals surface area contributed by atoms with E-state index in [0.717, 1.165) is 29.2 Å². The van der Waals surface area contributed by atoms with Gasteiger partial charge in [-0.25, -0.2) is 4.98 Å². The maximum absolute atomic E-state index is 9.59. The Labute approximate surface area is 109 Å². The van der Waals surface area contributed by atoms with Gasteiger partial charge in [0, 0.05) is 17.8 Å². The molecule has 1 aromatic heterocycles. The van der Waals surface area contributed by atoms with Crippen molar-refractivity contribution in [1.29, 1.82) is 0 Å². The minimum atomic E-state index is -0.0879. The second-order valence-electron chi connectivity index (χ2n) is 5.56. The van der Waals surface area contributed by atoms with Crippen molar-refractivity contribution in [3.05, 3.63) is 22.9 Å². The fourth-order valence-corrected chi connectivity index (χ4v) is 2.51. The molecule has 1 fully saturated rings. The molecule has 1 saturated heterocycles. The number of nitrogens with zero attached hydrogens (tertiary/aromatic N) is 2. The van der Waals surface area contributed by atoms with Gasteiger partial charge in [-0.05, 0) is 39.3 Å². The van der Waals surface area contributed by atoms with Gasteiger partial charge in [-0.1, -0.05) is 0 Å². The summed E-state index contributed by atoms with van der Waals surface area (Å²) in [6.07, 6.45) is 0. The minimum Gasteiger partial charge on any atom is -0.392 e. The van der Waals surface area contributed by atoms with Crippen molar-refractivity contribution in [1.82, 2.24) is 4.98 Å². The van der Waals surface area contributed by atoms with Gasteiger partial charge in [-0.2, -0.15) is 0 Å². The van der Waals surface area contributed by atoms with Crippen LogP contribution in [0.4, 0.5) is 5.82 Å². The first-order valence-electron chi connectivity index (χ1n) is 6.39. The highest BCUT2D eigenvalue weighted by Crippen LogP contribution is 2.30. The summed E-state index contributed by atoms with van der Waals surface area (Å²) >= 11 is 0. The monoisotopic (exact) mass is 250 g/mol. The van der Waals surface area contributed by atoms with Gasteiger partial charge in [-0.3, -0.25) is 0 Å². The lowest BCUT2D eigenvalue weighted by Gasteiger charge is -2.43. The van der Waals surface area contributed by atoms with Crippen molar-refractivity contribution < 1.29 is 9.84 Å². The van der Waals surface area contributed by atoms with Gasteiger partial charge in [0.25, 0.3) is 0 Å². The standard InChI is InChI=1S/C14H22N2O2/c1-10-7-11(2)15-13(12(10)8-17)16-5-6-18-9-14(16,3)4/h7,17H,5-6,8-9H2,1-4H3. The number of ether oxygens (including phenoxy) is 1. The van der Waals surface area contributed by atoms with Crippen molar-refractivity contribution in [2.45, 2.75) is 39.8 Å². The van der Waals surface area contributed by atoms with Crippen LogP contribution in [0.25, 0.3) is 0 Å². The van der Waals surface area contributed by atoms with Crippen LogP contribution in [0.3, 0.4) is 0 Å². The molecular formula is C14H22N2O2. The summed E-state index contributed by atoms with van der Waals surface area (Å²) in [5, 5.41) is 9.59. The molecule has 4 heteroatoms. The number of aryl methyl sites for hydroxylation is 2. The summed E-state index contributed by atoms with van der Waals surface area (Å²) < 4.78 is 5.54. The summed E-state index contributed by atoms with van der Waals surface area (Å²) in [7, 11) is 0. The molecule has 0 bridgehead atoms. The van der Waals surface area contributed by atoms with Crippen LogP contribution in [0.5, 0.6) is 0 Å². The van der Waals surface area contributed by atoms with E-state index in [1.165, 1.54) is 0 Å². The lowest BCUT2D eigenvalue weighted by atomic mass is 10.0. The SMILES string of the molecule is Cc1cc(C)c(CO)c(N2CCOCC2(C)C)n1. The summed E-state index contributed by atoms with van der Waals surface area (Å²) in [6, 6.07) is 2.02. The number of rotatable bonds is 2. The third kappa shape index (κ3) is 2.35. The molecule has 18 heavy (non-hydrogen) atoms. The van der Waals surface area contributed by atoms with Gasteiger partial charge < -0.3 is 14.7 Å². The maximum atomic E-state index is 9.59. The number of aliphatic hydroxyl groups excluding tert-OH is 1. The molecule has 0 aromatic carbocycles. The highest BCUT2D eigenvalue weighted by Gasteiger charge is 2.33. The molecule has 0 amide bonds. The van der Waals surface area contributed by atoms with Gasteiger partial charge in [0.05, 0.1) is 25.4 Å². The first-order chi connectivity index (χ1) is 8.45. The molecular weight excluding hydrogens is 228 g/mol. The predicted octanol–water partition coefficient (Wildman–Crippen LogP) is 1.81. The second kappa shape index (κ2) is 4.86. The largest absolute Gasteiger partial charge is 0.392 e. The lowest BCUT2D eigenvalue weighted by molar-refractivity contribution is 0.0636. The third-order valence-corrected chi connectivity index (χ3v) is 3.51. The molecule has 1 aliphatic heterocycles. The van der Waals surface area contributed by atoms with Gasteiger partial charge in [0.1, 0.15) is 5.82 Å². The van der Waals surface area contributed by atoms with Crippen molar-refractivity contribution >= 4 is 5.82 Å². The Hall–Kier alpha value is -1.13. The lowest BCUT2D eigenvalue weighted by Crippen LogP contribution is -2.54. The highest BCUT2D eigenvalue weighted by atomic mass is 16.5. The molecule has 0 atom stereocenters. The van der Waals surface area contributed by atoms with Crippen LogP contribution in [-0.4, -0.2) is 35.4 Å². The number of morpholine rings is 1. The Balaban J connectivity index is 2.49. The van der Waals surface area contributed by atoms with Crippen LogP contribution in [-0.2, 0) is 11.3 Å². The number of hydrogen-bond acceptors (Lipinski definition) is 4. The second-order valence-corrected chi connectivity index (χ2v) is 5.56. The van der Waals surface area contributed by atoms with Crippen molar-refractivity contribution in [3.63, 3.8) is 0 Å². The highest BCUT2D eigenvalue weighted by molar-refractivity contribution is 5.53. The van der Waals surface area contributed by atoms with E-state index in [9.17, 15) is 5.11 Å². The average molecular weight is 250 g/mol. The number of hydrogen-bond donors (Lipinski definition) is 1. The molecule has 0 aliphatic carbocycles. The number of pyridine rings is 1. The summed E-state index contributed by atoms with van der Waals surface area (Å²) in [5.74, 6) is 0.906. The fourth-order valence-electron chi connectivity index (χ4n) is 2.51. The van der Waals surface area contributed by atoms with Gasteiger partial charge in [0.15, 0.2) is 0 Å². The molecule has 1 N–H and O–H groups in total. The molecule has 2 rings (SSSR count). The van der Waals surface area contributed by atoms with Crippen molar-refractivity contribution in [2.24, 2.45) is 0 Å². The maximum Gasteiger partial charge on any atom is 0.135 e. The van der Waals surface area contributed by atoms with E-state index in [1.54, 1.807) is 0 Å². The van der Waals surface area contributed by atoms with E-state index < -0.39 is 0 Å². The minimum absolute atomic E-state index is 0.0296. The zero-order chi connectivity index (χ0) is 13.3. The van der Waals surface area contributed by atoms with Crippen LogP contribution >= 0.6 is 0 Å². The number of aliphatic hydroxyl groups is 1. The molecule has 4 nitrogen and oxygen atoms in total. The Bertz CT molecular complexity index is 444. The smallest absolute Gasteiger partial charge is 0.135 e. The van der Waals surface area contributed by atoms with Gasteiger partial charge in [0.2, 0.25) is 0 Å². The Kier molecular flexibility index (Phi) is 3.59. The number of anilines is 1. The van der Waals surface area contributed by atoms with Crippen LogP contribution in [0.2, 0.25) is 0 Å². The van der Waals surface area contributed by atoms with E-state index in [1.807, 2.05) is 19.9 Å². The van der Waals surface area contributed by atoms with E-state index in [4.69, 9.17) is 4.74 Å². The Morgan fingerprint density at radius 3 is 2.78 bits per heavy atom. The number of aromatic nitrogens is 1. The molecule has 100 valence electrons. The quantitative estimate of drug-likeness (QED) is 0.869. The molecule has 0 spiro atoms. The molecule has 0 unspecified atom stereocenters. The van der Waals surface area contributed by atoms with Crippen molar-refractivity contribution in [2.75, 3.05) is 24.7 Å². The third-order valence-electron chi connectivity index (χ3n) is 3.51. The van der Waals surface area contributed by atoms with Crippen LogP contribution in [0.15, 0.2) is 6.07 Å². The normalized spacial score (nSPS) is 19.1. The van der Waals surface area contributed by atoms with Gasteiger partial charge >= 0.3 is 0 Å². The summed E-state index contributed by atoms with van der Waals surface area (Å²) in [4.78, 5) is 6.89. The van der Waals surface area contributed by atoms with E-state index in [2.05, 4.69) is 23.7 Å². The van der Waals surface area contributed by atoms with Crippen LogP contribution in [0, 0.1) is 13.8 Å². The predicted molar refractivity (Wildman–Crippen MR) is 71.9 cm³/mol. The molecule has 1 aliphatic rings. The van der Waals surface area contributed by atoms with Crippen LogP contribution in [0.1, 0.15) is 30.7 Å². The zero-order valence-corrected chi connectivity index (χ0v) is 11.7. The van der Waals surface area contributed by atoms with E-state index in [-0.39, 0.29) is 12.1 Å². The van der Waals surface area contributed by atoms with Crippen molar-refractivity contribution in [3.8, 4) is 0 Å². The van der Waals surface area contributed by atoms with E-state index in [0.29, 0.717) is 13.2 Å². The first kappa shape index (κ1) is 13.3. The Morgan fingerprint density at radius 1 is 1.44 bits per heavy atom. The van der Waals surface area contributed by atoms with E-state index >= 15 is 0 Å². The zero-order valence-electron chi connectivity index (χ0n) is 11.7. The van der Waals surface area contributed by atoms with Gasteiger partial charge in [-0.15, -0.1) is 0 Å². The summed E-state index contributed by atoms with van der Waals surface area (Å²) in [5.41, 5.74) is 2.93. The summed E-state index contributed by atoms with van der Waals surface area (Å²) in [6.45, 7) is 10.6. The van der Waals surface area contributed by atoms with Crippen LogP contribution < -0.4 is 4.90 Å². The first-order valence-corrected chi connectivity index (χ1v) is 6.39. The molecule has 1 aromatic rings. The average Bonchev–Trinajstić information content (AvgIpc) is 2.27. The Morgan fingerprint density at radius 2 is 2.17 bits per heavy atom. The fraction of sp³-hybridized carbons (Fsp3) is 0.643.